The van der Waals surface area contributed by atoms with E-state index in [0.717, 1.165) is 29.7 Å². The summed E-state index contributed by atoms with van der Waals surface area (Å²) in [5.74, 6) is 0.962. The molecule has 0 saturated heterocycles. The lowest BCUT2D eigenvalue weighted by molar-refractivity contribution is 0.205. The third-order valence-corrected chi connectivity index (χ3v) is 5.50. The number of halogens is 2. The first-order valence-corrected chi connectivity index (χ1v) is 9.97. The number of hydrogen-bond donors (Lipinski definition) is 0. The topological polar surface area (TPSA) is 22.1 Å². The van der Waals surface area contributed by atoms with Crippen LogP contribution in [0.25, 0.3) is 12.2 Å². The zero-order valence-corrected chi connectivity index (χ0v) is 15.8. The van der Waals surface area contributed by atoms with E-state index < -0.39 is 0 Å². The van der Waals surface area contributed by atoms with Gasteiger partial charge in [-0.3, -0.25) is 4.98 Å². The molecule has 5 heteroatoms. The quantitative estimate of drug-likeness (QED) is 0.546. The van der Waals surface area contributed by atoms with Crippen LogP contribution in [0.2, 0.25) is 10.0 Å². The first-order valence-electron chi connectivity index (χ1n) is 7.99. The van der Waals surface area contributed by atoms with E-state index in [0.29, 0.717) is 16.1 Å². The zero-order chi connectivity index (χ0) is 16.9. The monoisotopic (exact) mass is 379 g/mol. The Bertz CT molecular complexity index is 722. The third-order valence-electron chi connectivity index (χ3n) is 4.12. The van der Waals surface area contributed by atoms with Crippen molar-refractivity contribution in [3.63, 3.8) is 0 Å². The Hall–Kier alpha value is -1.16. The summed E-state index contributed by atoms with van der Waals surface area (Å²) in [5, 5.41) is 1.09. The van der Waals surface area contributed by atoms with Gasteiger partial charge in [0.25, 0.3) is 0 Å². The standard InChI is InChI=1S/C19H19Cl2NOS/c1-24-19-9-7-13(10-18(19)23-14-4-2-3-5-14)6-8-15-16(20)11-22-12-17(15)21/h6-12,14H,2-5H2,1H3/b8-6+. The largest absolute Gasteiger partial charge is 0.489 e. The van der Waals surface area contributed by atoms with E-state index in [1.54, 1.807) is 24.2 Å². The van der Waals surface area contributed by atoms with Gasteiger partial charge in [-0.05, 0) is 49.6 Å². The van der Waals surface area contributed by atoms with E-state index in [1.165, 1.54) is 17.7 Å². The molecule has 2 aromatic rings. The number of thioether (sulfide) groups is 1. The van der Waals surface area contributed by atoms with Crippen LogP contribution in [0, 0.1) is 0 Å². The molecule has 0 bridgehead atoms. The van der Waals surface area contributed by atoms with Gasteiger partial charge in [0.1, 0.15) is 5.75 Å². The Kier molecular flexibility index (Phi) is 6.09. The van der Waals surface area contributed by atoms with Crippen LogP contribution in [0.15, 0.2) is 35.5 Å². The highest BCUT2D eigenvalue weighted by Crippen LogP contribution is 2.33. The van der Waals surface area contributed by atoms with Crippen LogP contribution >= 0.6 is 35.0 Å². The van der Waals surface area contributed by atoms with Crippen LogP contribution < -0.4 is 4.74 Å². The van der Waals surface area contributed by atoms with Crippen LogP contribution in [0.1, 0.15) is 36.8 Å². The Balaban J connectivity index is 1.84. The van der Waals surface area contributed by atoms with Crippen molar-refractivity contribution in [3.05, 3.63) is 51.8 Å². The lowest BCUT2D eigenvalue weighted by Crippen LogP contribution is -2.11. The van der Waals surface area contributed by atoms with E-state index >= 15 is 0 Å². The summed E-state index contributed by atoms with van der Waals surface area (Å²) < 4.78 is 6.22. The lowest BCUT2D eigenvalue weighted by atomic mass is 10.1. The van der Waals surface area contributed by atoms with Crippen molar-refractivity contribution in [2.24, 2.45) is 0 Å². The summed E-state index contributed by atoms with van der Waals surface area (Å²) in [4.78, 5) is 5.14. The maximum Gasteiger partial charge on any atom is 0.133 e. The molecule has 0 atom stereocenters. The number of hydrogen-bond acceptors (Lipinski definition) is 3. The van der Waals surface area contributed by atoms with E-state index in [4.69, 9.17) is 27.9 Å². The van der Waals surface area contributed by atoms with Crippen LogP contribution in [0.3, 0.4) is 0 Å². The molecule has 0 amide bonds. The summed E-state index contributed by atoms with van der Waals surface area (Å²) in [6, 6.07) is 6.26. The van der Waals surface area contributed by atoms with Crippen molar-refractivity contribution >= 4 is 47.1 Å². The molecule has 1 heterocycles. The van der Waals surface area contributed by atoms with Gasteiger partial charge < -0.3 is 4.74 Å². The minimum atomic E-state index is 0.346. The van der Waals surface area contributed by atoms with Crippen molar-refractivity contribution < 1.29 is 4.74 Å². The predicted octanol–water partition coefficient (Wildman–Crippen LogP) is 6.60. The van der Waals surface area contributed by atoms with Gasteiger partial charge in [-0.25, -0.2) is 0 Å². The van der Waals surface area contributed by atoms with E-state index in [9.17, 15) is 0 Å². The van der Waals surface area contributed by atoms with Gasteiger partial charge in [-0.1, -0.05) is 41.4 Å². The maximum absolute atomic E-state index is 6.22. The highest BCUT2D eigenvalue weighted by atomic mass is 35.5. The maximum atomic E-state index is 6.22. The van der Waals surface area contributed by atoms with Crippen molar-refractivity contribution in [2.75, 3.05) is 6.26 Å². The molecule has 1 saturated carbocycles. The summed E-state index contributed by atoms with van der Waals surface area (Å²) in [6.45, 7) is 0. The Morgan fingerprint density at radius 3 is 2.50 bits per heavy atom. The molecule has 126 valence electrons. The van der Waals surface area contributed by atoms with Gasteiger partial charge in [0.2, 0.25) is 0 Å². The summed E-state index contributed by atoms with van der Waals surface area (Å²) in [6.07, 6.45) is 14.3. The first kappa shape index (κ1) is 17.7. The van der Waals surface area contributed by atoms with E-state index in [2.05, 4.69) is 29.4 Å². The summed E-state index contributed by atoms with van der Waals surface area (Å²) in [5.41, 5.74) is 1.84. The number of rotatable bonds is 5. The molecule has 1 aromatic carbocycles. The molecular formula is C19H19Cl2NOS. The highest BCUT2D eigenvalue weighted by Gasteiger charge is 2.18. The summed E-state index contributed by atoms with van der Waals surface area (Å²) >= 11 is 14.0. The second-order valence-electron chi connectivity index (χ2n) is 5.78. The second kappa shape index (κ2) is 8.28. The fourth-order valence-electron chi connectivity index (χ4n) is 2.83. The average Bonchev–Trinajstić information content (AvgIpc) is 3.08. The fraction of sp³-hybridized carbons (Fsp3) is 0.316. The minimum Gasteiger partial charge on any atom is -0.489 e. The molecule has 0 unspecified atom stereocenters. The van der Waals surface area contributed by atoms with Gasteiger partial charge in [-0.2, -0.15) is 0 Å². The summed E-state index contributed by atoms with van der Waals surface area (Å²) in [7, 11) is 0. The van der Waals surface area contributed by atoms with Crippen molar-refractivity contribution in [2.45, 2.75) is 36.7 Å². The van der Waals surface area contributed by atoms with Crippen molar-refractivity contribution in [1.82, 2.24) is 4.98 Å². The second-order valence-corrected chi connectivity index (χ2v) is 7.45. The highest BCUT2D eigenvalue weighted by molar-refractivity contribution is 7.98. The number of pyridine rings is 1. The fourth-order valence-corrected chi connectivity index (χ4v) is 3.84. The number of nitrogens with zero attached hydrogens (tertiary/aromatic N) is 1. The molecule has 0 aliphatic heterocycles. The molecule has 0 spiro atoms. The molecule has 3 rings (SSSR count). The van der Waals surface area contributed by atoms with Crippen LogP contribution in [-0.2, 0) is 0 Å². The van der Waals surface area contributed by atoms with Crippen LogP contribution in [0.4, 0.5) is 0 Å². The molecule has 0 N–H and O–H groups in total. The normalized spacial score (nSPS) is 15.3. The van der Waals surface area contributed by atoms with Crippen LogP contribution in [0.5, 0.6) is 5.75 Å². The van der Waals surface area contributed by atoms with E-state index in [1.807, 2.05) is 12.2 Å². The average molecular weight is 380 g/mol. The molecule has 1 aliphatic carbocycles. The van der Waals surface area contributed by atoms with Gasteiger partial charge in [0.15, 0.2) is 0 Å². The molecule has 2 nitrogen and oxygen atoms in total. The van der Waals surface area contributed by atoms with Gasteiger partial charge in [0.05, 0.1) is 16.1 Å². The predicted molar refractivity (Wildman–Crippen MR) is 104 cm³/mol. The van der Waals surface area contributed by atoms with Gasteiger partial charge in [-0.15, -0.1) is 11.8 Å². The smallest absolute Gasteiger partial charge is 0.133 e. The molecule has 1 fully saturated rings. The van der Waals surface area contributed by atoms with Crippen molar-refractivity contribution in [3.8, 4) is 5.75 Å². The SMILES string of the molecule is CSc1ccc(/C=C/c2c(Cl)cncc2Cl)cc1OC1CCCC1. The van der Waals surface area contributed by atoms with Crippen molar-refractivity contribution in [1.29, 1.82) is 0 Å². The molecule has 0 radical (unpaired) electrons. The Labute approximate surface area is 157 Å². The Morgan fingerprint density at radius 1 is 1.12 bits per heavy atom. The molecule has 24 heavy (non-hydrogen) atoms. The van der Waals surface area contributed by atoms with Gasteiger partial charge in [0, 0.05) is 22.9 Å². The minimum absolute atomic E-state index is 0.346. The number of benzene rings is 1. The molecule has 1 aromatic heterocycles. The third kappa shape index (κ3) is 4.27. The van der Waals surface area contributed by atoms with Gasteiger partial charge >= 0.3 is 0 Å². The lowest BCUT2D eigenvalue weighted by Gasteiger charge is -2.16. The first-order chi connectivity index (χ1) is 11.7. The molecule has 1 aliphatic rings. The van der Waals surface area contributed by atoms with E-state index in [-0.39, 0.29) is 0 Å². The molecular weight excluding hydrogens is 361 g/mol. The van der Waals surface area contributed by atoms with Crippen LogP contribution in [-0.4, -0.2) is 17.3 Å². The zero-order valence-electron chi connectivity index (χ0n) is 13.5. The number of ether oxygens (including phenoxy) is 1. The Morgan fingerprint density at radius 2 is 1.83 bits per heavy atom. The number of aromatic nitrogens is 1.